The number of nitrogens with zero attached hydrogens (tertiary/aromatic N) is 3. The van der Waals surface area contributed by atoms with Gasteiger partial charge in [0.1, 0.15) is 5.69 Å². The lowest BCUT2D eigenvalue weighted by molar-refractivity contribution is 1.07. The van der Waals surface area contributed by atoms with Crippen molar-refractivity contribution in [3.05, 3.63) is 11.5 Å². The lowest BCUT2D eigenvalue weighted by atomic mass is 10.3. The topological polar surface area (TPSA) is 64.2 Å². The van der Waals surface area contributed by atoms with Gasteiger partial charge in [0.2, 0.25) is 5.82 Å². The fourth-order valence-corrected chi connectivity index (χ4v) is 0.942. The van der Waals surface area contributed by atoms with Crippen LogP contribution in [0.3, 0.4) is 0 Å². The molecule has 0 bridgehead atoms. The van der Waals surface area contributed by atoms with E-state index in [0.29, 0.717) is 23.0 Å². The number of rotatable bonds is 1. The zero-order chi connectivity index (χ0) is 9.84. The van der Waals surface area contributed by atoms with Crippen LogP contribution in [-0.2, 0) is 0 Å². The molecule has 13 heavy (non-hydrogen) atoms. The number of aryl methyl sites for hydroxylation is 1. The SMILES string of the molecule is C#Cc1nc(C)c(/N=C\C)c(N)n1. The number of terminal acetylenes is 1. The minimum atomic E-state index is 0.296. The maximum atomic E-state index is 5.62. The van der Waals surface area contributed by atoms with Crippen molar-refractivity contribution < 1.29 is 0 Å². The number of aromatic nitrogens is 2. The minimum Gasteiger partial charge on any atom is -0.382 e. The molecule has 0 atom stereocenters. The van der Waals surface area contributed by atoms with Crippen LogP contribution >= 0.6 is 0 Å². The van der Waals surface area contributed by atoms with Crippen molar-refractivity contribution in [2.45, 2.75) is 13.8 Å². The Labute approximate surface area is 76.9 Å². The van der Waals surface area contributed by atoms with Crippen molar-refractivity contribution in [2.24, 2.45) is 4.99 Å². The van der Waals surface area contributed by atoms with Gasteiger partial charge < -0.3 is 5.73 Å². The summed E-state index contributed by atoms with van der Waals surface area (Å²) in [6.45, 7) is 3.59. The van der Waals surface area contributed by atoms with Gasteiger partial charge in [0.15, 0.2) is 5.82 Å². The number of nitrogen functional groups attached to an aromatic ring is 1. The quantitative estimate of drug-likeness (QED) is 0.511. The van der Waals surface area contributed by atoms with E-state index >= 15 is 0 Å². The Bertz CT molecular complexity index is 364. The van der Waals surface area contributed by atoms with Gasteiger partial charge in [0, 0.05) is 6.21 Å². The van der Waals surface area contributed by atoms with Gasteiger partial charge in [0.05, 0.1) is 5.69 Å². The van der Waals surface area contributed by atoms with Gasteiger partial charge in [0.25, 0.3) is 0 Å². The number of anilines is 1. The molecule has 0 aliphatic heterocycles. The molecule has 0 saturated heterocycles. The third kappa shape index (κ3) is 1.82. The average Bonchev–Trinajstić information content (AvgIpc) is 2.11. The molecule has 2 N–H and O–H groups in total. The van der Waals surface area contributed by atoms with Gasteiger partial charge in [-0.15, -0.1) is 6.42 Å². The molecule has 0 spiro atoms. The summed E-state index contributed by atoms with van der Waals surface area (Å²) in [5.41, 5.74) is 6.90. The summed E-state index contributed by atoms with van der Waals surface area (Å²) in [7, 11) is 0. The second-order valence-electron chi connectivity index (χ2n) is 2.40. The summed E-state index contributed by atoms with van der Waals surface area (Å²) in [6, 6.07) is 0. The van der Waals surface area contributed by atoms with Crippen LogP contribution in [0.5, 0.6) is 0 Å². The zero-order valence-corrected chi connectivity index (χ0v) is 7.57. The Morgan fingerprint density at radius 3 is 2.69 bits per heavy atom. The van der Waals surface area contributed by atoms with Crippen molar-refractivity contribution >= 4 is 17.7 Å². The van der Waals surface area contributed by atoms with E-state index in [1.165, 1.54) is 0 Å². The average molecular weight is 174 g/mol. The summed E-state index contributed by atoms with van der Waals surface area (Å²) in [4.78, 5) is 12.0. The highest BCUT2D eigenvalue weighted by Crippen LogP contribution is 2.22. The highest BCUT2D eigenvalue weighted by Gasteiger charge is 2.05. The number of hydrogen-bond donors (Lipinski definition) is 1. The highest BCUT2D eigenvalue weighted by atomic mass is 15.0. The maximum Gasteiger partial charge on any atom is 0.206 e. The Morgan fingerprint density at radius 2 is 2.23 bits per heavy atom. The minimum absolute atomic E-state index is 0.296. The monoisotopic (exact) mass is 174 g/mol. The molecule has 0 fully saturated rings. The van der Waals surface area contributed by atoms with Crippen LogP contribution in [0.4, 0.5) is 11.5 Å². The molecule has 0 aliphatic rings. The van der Waals surface area contributed by atoms with E-state index in [2.05, 4.69) is 20.9 Å². The van der Waals surface area contributed by atoms with Crippen molar-refractivity contribution in [3.8, 4) is 12.3 Å². The van der Waals surface area contributed by atoms with Gasteiger partial charge in [-0.05, 0) is 19.8 Å². The van der Waals surface area contributed by atoms with Crippen LogP contribution in [0, 0.1) is 19.3 Å². The Kier molecular flexibility index (Phi) is 2.60. The fraction of sp³-hybridized carbons (Fsp3) is 0.222. The summed E-state index contributed by atoms with van der Waals surface area (Å²) in [5, 5.41) is 0. The first-order chi connectivity index (χ1) is 6.19. The van der Waals surface area contributed by atoms with E-state index in [1.807, 2.05) is 0 Å². The molecule has 0 radical (unpaired) electrons. The molecule has 1 aromatic heterocycles. The first kappa shape index (κ1) is 9.20. The third-order valence-electron chi connectivity index (χ3n) is 1.47. The number of nitrogens with two attached hydrogens (primary N) is 1. The van der Waals surface area contributed by atoms with Crippen LogP contribution in [-0.4, -0.2) is 16.2 Å². The maximum absolute atomic E-state index is 5.62. The highest BCUT2D eigenvalue weighted by molar-refractivity contribution is 5.69. The van der Waals surface area contributed by atoms with Crippen LogP contribution in [0.25, 0.3) is 0 Å². The summed E-state index contributed by atoms with van der Waals surface area (Å²) in [6.07, 6.45) is 6.78. The Balaban J connectivity index is 3.33. The van der Waals surface area contributed by atoms with E-state index in [1.54, 1.807) is 20.1 Å². The standard InChI is InChI=1S/C9H10N4/c1-4-7-12-6(3)8(11-5-2)9(10)13-7/h1,5H,2-3H3,(H2,10,12,13)/b11-5-. The van der Waals surface area contributed by atoms with Gasteiger partial charge in [-0.25, -0.2) is 9.97 Å². The third-order valence-corrected chi connectivity index (χ3v) is 1.47. The molecule has 0 saturated carbocycles. The van der Waals surface area contributed by atoms with Gasteiger partial charge in [-0.1, -0.05) is 0 Å². The molecule has 4 nitrogen and oxygen atoms in total. The van der Waals surface area contributed by atoms with E-state index in [9.17, 15) is 0 Å². The predicted octanol–water partition coefficient (Wildman–Crippen LogP) is 1.07. The first-order valence-corrected chi connectivity index (χ1v) is 3.78. The molecule has 1 aromatic rings. The van der Waals surface area contributed by atoms with Crippen LogP contribution < -0.4 is 5.73 Å². The molecule has 0 aromatic carbocycles. The van der Waals surface area contributed by atoms with Crippen molar-refractivity contribution in [1.29, 1.82) is 0 Å². The molecule has 0 aliphatic carbocycles. The van der Waals surface area contributed by atoms with Crippen molar-refractivity contribution in [1.82, 2.24) is 9.97 Å². The lowest BCUT2D eigenvalue weighted by Gasteiger charge is -2.02. The lowest BCUT2D eigenvalue weighted by Crippen LogP contribution is -1.99. The molecule has 0 unspecified atom stereocenters. The Morgan fingerprint density at radius 1 is 1.54 bits per heavy atom. The predicted molar refractivity (Wildman–Crippen MR) is 52.9 cm³/mol. The zero-order valence-electron chi connectivity index (χ0n) is 7.57. The molecule has 1 heterocycles. The molecule has 1 rings (SSSR count). The second-order valence-corrected chi connectivity index (χ2v) is 2.40. The van der Waals surface area contributed by atoms with E-state index < -0.39 is 0 Å². The molecular formula is C9H10N4. The van der Waals surface area contributed by atoms with Gasteiger partial charge in [-0.3, -0.25) is 4.99 Å². The van der Waals surface area contributed by atoms with Crippen LogP contribution in [0.1, 0.15) is 18.4 Å². The molecule has 0 amide bonds. The van der Waals surface area contributed by atoms with Crippen LogP contribution in [0.15, 0.2) is 4.99 Å². The summed E-state index contributed by atoms with van der Waals surface area (Å²) in [5.74, 6) is 2.94. The summed E-state index contributed by atoms with van der Waals surface area (Å²) < 4.78 is 0. The molecular weight excluding hydrogens is 164 g/mol. The van der Waals surface area contributed by atoms with Crippen molar-refractivity contribution in [2.75, 3.05) is 5.73 Å². The smallest absolute Gasteiger partial charge is 0.206 e. The normalized spacial score (nSPS) is 10.2. The Hall–Kier alpha value is -1.89. The van der Waals surface area contributed by atoms with Crippen LogP contribution in [0.2, 0.25) is 0 Å². The van der Waals surface area contributed by atoms with Crippen molar-refractivity contribution in [3.63, 3.8) is 0 Å². The second kappa shape index (κ2) is 3.68. The fourth-order valence-electron chi connectivity index (χ4n) is 0.942. The van der Waals surface area contributed by atoms with Gasteiger partial charge in [-0.2, -0.15) is 0 Å². The van der Waals surface area contributed by atoms with Gasteiger partial charge >= 0.3 is 0 Å². The number of aliphatic imine (C=N–C) groups is 1. The molecule has 66 valence electrons. The van der Waals surface area contributed by atoms with E-state index in [0.717, 1.165) is 0 Å². The largest absolute Gasteiger partial charge is 0.382 e. The van der Waals surface area contributed by atoms with E-state index in [4.69, 9.17) is 12.2 Å². The first-order valence-electron chi connectivity index (χ1n) is 3.78. The molecule has 4 heteroatoms. The number of hydrogen-bond acceptors (Lipinski definition) is 4. The summed E-state index contributed by atoms with van der Waals surface area (Å²) >= 11 is 0. The van der Waals surface area contributed by atoms with E-state index in [-0.39, 0.29) is 0 Å².